The summed E-state index contributed by atoms with van der Waals surface area (Å²) in [5, 5.41) is 5.06. The maximum absolute atomic E-state index is 14.2. The molecule has 6 atom stereocenters. The molecule has 3 aromatic carbocycles. The van der Waals surface area contributed by atoms with Crippen LogP contribution in [0.2, 0.25) is 0 Å². The molecule has 0 unspecified atom stereocenters. The van der Waals surface area contributed by atoms with E-state index in [4.69, 9.17) is 24.2 Å². The van der Waals surface area contributed by atoms with E-state index < -0.39 is 17.7 Å². The lowest BCUT2D eigenvalue weighted by Gasteiger charge is -2.35. The number of ether oxygens (including phenoxy) is 3. The maximum Gasteiger partial charge on any atom is 0.411 e. The molecule has 13 heteroatoms. The Bertz CT molecular complexity index is 2340. The van der Waals surface area contributed by atoms with Crippen molar-refractivity contribution < 1.29 is 28.6 Å². The molecule has 3 aliphatic heterocycles. The Morgan fingerprint density at radius 3 is 2.33 bits per heavy atom. The number of piperidine rings is 1. The number of alkyl carbamates (subject to hydrolysis) is 1. The zero-order valence-electron chi connectivity index (χ0n) is 33.2. The monoisotopic (exact) mass is 773 g/mol. The van der Waals surface area contributed by atoms with Crippen molar-refractivity contribution in [3.8, 4) is 22.4 Å². The summed E-state index contributed by atoms with van der Waals surface area (Å²) in [5.41, 5.74) is 5.18. The van der Waals surface area contributed by atoms with Gasteiger partial charge in [-0.3, -0.25) is 9.69 Å². The number of benzene rings is 3. The Balaban J connectivity index is 0.925. The second-order valence-electron chi connectivity index (χ2n) is 17.3. The lowest BCUT2D eigenvalue weighted by molar-refractivity contribution is -0.138. The Kier molecular flexibility index (Phi) is 9.45. The summed E-state index contributed by atoms with van der Waals surface area (Å²) in [7, 11) is 1.32. The highest BCUT2D eigenvalue weighted by atomic mass is 16.6. The van der Waals surface area contributed by atoms with Gasteiger partial charge in [-0.2, -0.15) is 0 Å². The number of nitrogens with zero attached hydrogens (tertiary/aromatic N) is 4. The van der Waals surface area contributed by atoms with Crippen LogP contribution < -0.4 is 5.32 Å². The standard InChI is InChI=1S/C44H51N7O6/c1-24-6-13-35(50(24)43(54)57-44(2,3)4)40-46-32-12-11-29(20-33(32)47-40)27-7-8-28-19-30(10-9-26(28)18-27)34-23-45-39(48-34)37-22-31-21-36(31)51(37)41(52)38(49-42(53)55-5)25-14-16-56-17-15-25/h7-12,18-20,23-25,31,35-38H,6,13-17,21-22H2,1-5H3,(H,45,48)(H,46,47)(H,49,53)/t24-,31-,35+,36-,37+,38+/m1/s1. The summed E-state index contributed by atoms with van der Waals surface area (Å²) in [6, 6.07) is 18.3. The highest BCUT2D eigenvalue weighted by molar-refractivity contribution is 5.92. The van der Waals surface area contributed by atoms with Gasteiger partial charge in [-0.1, -0.05) is 30.3 Å². The van der Waals surface area contributed by atoms with E-state index in [-0.39, 0.29) is 42.1 Å². The molecule has 298 valence electrons. The third kappa shape index (κ3) is 7.22. The number of amides is 3. The lowest BCUT2D eigenvalue weighted by Crippen LogP contribution is -2.54. The number of nitrogens with one attached hydrogen (secondary N) is 3. The van der Waals surface area contributed by atoms with Gasteiger partial charge in [-0.15, -0.1) is 0 Å². The van der Waals surface area contributed by atoms with E-state index in [0.717, 1.165) is 81.5 Å². The minimum absolute atomic E-state index is 0.0142. The van der Waals surface area contributed by atoms with E-state index in [1.165, 1.54) is 7.11 Å². The van der Waals surface area contributed by atoms with E-state index >= 15 is 0 Å². The first-order valence-corrected chi connectivity index (χ1v) is 20.3. The normalized spacial score (nSPS) is 24.1. The van der Waals surface area contributed by atoms with Gasteiger partial charge in [-0.25, -0.2) is 19.6 Å². The van der Waals surface area contributed by atoms with Crippen molar-refractivity contribution in [2.75, 3.05) is 20.3 Å². The maximum atomic E-state index is 14.2. The number of aromatic nitrogens is 4. The number of methoxy groups -OCH3 is 1. The number of likely N-dealkylation sites (tertiary alicyclic amines) is 2. The van der Waals surface area contributed by atoms with E-state index in [1.807, 2.05) is 42.8 Å². The number of aromatic amines is 2. The quantitative estimate of drug-likeness (QED) is 0.150. The average molecular weight is 774 g/mol. The number of hydrogen-bond donors (Lipinski definition) is 3. The van der Waals surface area contributed by atoms with Crippen molar-refractivity contribution in [1.29, 1.82) is 0 Å². The van der Waals surface area contributed by atoms with Crippen molar-refractivity contribution in [3.63, 3.8) is 0 Å². The number of hydrogen-bond acceptors (Lipinski definition) is 8. The molecule has 0 radical (unpaired) electrons. The van der Waals surface area contributed by atoms with Crippen LogP contribution in [0, 0.1) is 11.8 Å². The zero-order chi connectivity index (χ0) is 39.6. The van der Waals surface area contributed by atoms with Crippen LogP contribution in [-0.4, -0.2) is 91.9 Å². The molecule has 3 N–H and O–H groups in total. The molecule has 0 bridgehead atoms. The highest BCUT2D eigenvalue weighted by Gasteiger charge is 2.56. The van der Waals surface area contributed by atoms with Crippen molar-refractivity contribution in [3.05, 3.63) is 72.4 Å². The molecule has 3 amide bonds. The zero-order valence-corrected chi connectivity index (χ0v) is 33.2. The summed E-state index contributed by atoms with van der Waals surface area (Å²) < 4.78 is 16.2. The van der Waals surface area contributed by atoms with Crippen molar-refractivity contribution >= 4 is 39.9 Å². The first-order valence-electron chi connectivity index (χ1n) is 20.3. The SMILES string of the molecule is COC(=O)N[C@H](C(=O)N1[C@@H]2C[C@@H]2C[C@H]1c1nc(-c2ccc3cc(-c4ccc5nc([C@@H]6CC[C@@H](C)N6C(=O)OC(C)(C)C)[nH]c5c4)ccc3c2)c[nH]1)C1CCOCC1. The number of H-pyrrole nitrogens is 2. The molecule has 9 rings (SSSR count). The molecule has 1 saturated carbocycles. The fourth-order valence-electron chi connectivity index (χ4n) is 9.28. The van der Waals surface area contributed by atoms with Gasteiger partial charge < -0.3 is 34.4 Å². The minimum Gasteiger partial charge on any atom is -0.453 e. The molecular formula is C44H51N7O6. The van der Waals surface area contributed by atoms with Gasteiger partial charge in [-0.05, 0) is 124 Å². The number of imidazole rings is 2. The van der Waals surface area contributed by atoms with Gasteiger partial charge in [0.15, 0.2) is 0 Å². The Hall–Kier alpha value is -5.43. The molecule has 5 heterocycles. The summed E-state index contributed by atoms with van der Waals surface area (Å²) >= 11 is 0. The molecule has 1 aliphatic carbocycles. The first-order chi connectivity index (χ1) is 27.4. The Labute approximate surface area is 331 Å². The van der Waals surface area contributed by atoms with Crippen LogP contribution in [0.4, 0.5) is 9.59 Å². The Morgan fingerprint density at radius 1 is 0.860 bits per heavy atom. The van der Waals surface area contributed by atoms with E-state index in [1.54, 1.807) is 0 Å². The molecule has 4 fully saturated rings. The number of carbonyl (C=O) groups is 3. The van der Waals surface area contributed by atoms with Crippen LogP contribution in [0.15, 0.2) is 60.8 Å². The second-order valence-corrected chi connectivity index (χ2v) is 17.3. The summed E-state index contributed by atoms with van der Waals surface area (Å²) in [6.45, 7) is 8.88. The number of carbonyl (C=O) groups excluding carboxylic acids is 3. The summed E-state index contributed by atoms with van der Waals surface area (Å²) in [5.74, 6) is 1.91. The highest BCUT2D eigenvalue weighted by Crippen LogP contribution is 2.53. The smallest absolute Gasteiger partial charge is 0.411 e. The van der Waals surface area contributed by atoms with Crippen molar-refractivity contribution in [2.24, 2.45) is 11.8 Å². The van der Waals surface area contributed by atoms with Gasteiger partial charge in [0.1, 0.15) is 23.3 Å². The first kappa shape index (κ1) is 37.2. The predicted molar refractivity (Wildman–Crippen MR) is 215 cm³/mol. The van der Waals surface area contributed by atoms with Crippen LogP contribution in [-0.2, 0) is 19.0 Å². The van der Waals surface area contributed by atoms with E-state index in [9.17, 15) is 14.4 Å². The molecule has 0 spiro atoms. The molecular weight excluding hydrogens is 723 g/mol. The van der Waals surface area contributed by atoms with Crippen molar-refractivity contribution in [2.45, 2.75) is 102 Å². The summed E-state index contributed by atoms with van der Waals surface area (Å²) in [6.07, 6.45) is 5.98. The fraction of sp³-hybridized carbons (Fsp3) is 0.477. The van der Waals surface area contributed by atoms with Crippen LogP contribution in [0.3, 0.4) is 0 Å². The molecule has 5 aromatic rings. The van der Waals surface area contributed by atoms with E-state index in [0.29, 0.717) is 32.0 Å². The second kappa shape index (κ2) is 14.5. The molecule has 4 aliphatic rings. The number of rotatable bonds is 7. The average Bonchev–Trinajstić information content (AvgIpc) is 3.63. The van der Waals surface area contributed by atoms with Gasteiger partial charge in [0, 0.05) is 37.1 Å². The van der Waals surface area contributed by atoms with Crippen LogP contribution >= 0.6 is 0 Å². The van der Waals surface area contributed by atoms with Crippen molar-refractivity contribution in [1.82, 2.24) is 35.1 Å². The minimum atomic E-state index is -0.667. The predicted octanol–water partition coefficient (Wildman–Crippen LogP) is 8.05. The molecule has 3 saturated heterocycles. The van der Waals surface area contributed by atoms with E-state index in [2.05, 4.69) is 70.7 Å². The third-order valence-electron chi connectivity index (χ3n) is 12.3. The van der Waals surface area contributed by atoms with Gasteiger partial charge in [0.05, 0.1) is 35.9 Å². The molecule has 13 nitrogen and oxygen atoms in total. The van der Waals surface area contributed by atoms with Gasteiger partial charge in [0.25, 0.3) is 0 Å². The van der Waals surface area contributed by atoms with Crippen LogP contribution in [0.1, 0.15) is 90.0 Å². The fourth-order valence-corrected chi connectivity index (χ4v) is 9.28. The molecule has 57 heavy (non-hydrogen) atoms. The Morgan fingerprint density at radius 2 is 1.58 bits per heavy atom. The van der Waals surface area contributed by atoms with Crippen LogP contribution in [0.25, 0.3) is 44.2 Å². The van der Waals surface area contributed by atoms with Gasteiger partial charge >= 0.3 is 12.2 Å². The van der Waals surface area contributed by atoms with Crippen LogP contribution in [0.5, 0.6) is 0 Å². The summed E-state index contributed by atoms with van der Waals surface area (Å²) in [4.78, 5) is 60.4. The lowest BCUT2D eigenvalue weighted by atomic mass is 9.90. The third-order valence-corrected chi connectivity index (χ3v) is 12.3. The largest absolute Gasteiger partial charge is 0.453 e. The topological polar surface area (TPSA) is 155 Å². The number of fused-ring (bicyclic) bond motifs is 3. The molecule has 2 aromatic heterocycles. The van der Waals surface area contributed by atoms with Gasteiger partial charge in [0.2, 0.25) is 5.91 Å².